The Bertz CT molecular complexity index is 873. The normalized spacial score (nSPS) is 11.0. The van der Waals surface area contributed by atoms with Crippen LogP contribution in [0, 0.1) is 6.92 Å². The van der Waals surface area contributed by atoms with Crippen LogP contribution in [0.1, 0.15) is 15.9 Å². The highest BCUT2D eigenvalue weighted by molar-refractivity contribution is 6.34. The van der Waals surface area contributed by atoms with E-state index in [0.29, 0.717) is 11.2 Å². The first-order valence-electron chi connectivity index (χ1n) is 6.11. The molecule has 0 spiro atoms. The topological polar surface area (TPSA) is 93.5 Å². The Morgan fingerprint density at radius 1 is 1.33 bits per heavy atom. The smallest absolute Gasteiger partial charge is 0.337 e. The molecule has 3 aromatic rings. The van der Waals surface area contributed by atoms with Gasteiger partial charge < -0.3 is 10.8 Å². The fourth-order valence-electron chi connectivity index (χ4n) is 2.17. The number of aromatic carboxylic acids is 1. The lowest BCUT2D eigenvalue weighted by molar-refractivity contribution is 0.0697. The Hall–Kier alpha value is -2.60. The van der Waals surface area contributed by atoms with E-state index in [1.165, 1.54) is 0 Å². The van der Waals surface area contributed by atoms with Crippen LogP contribution in [-0.4, -0.2) is 25.7 Å². The molecular formula is C14H11ClN4O2. The number of aryl methyl sites for hydroxylation is 1. The first-order chi connectivity index (χ1) is 9.95. The van der Waals surface area contributed by atoms with Gasteiger partial charge in [0, 0.05) is 6.20 Å². The van der Waals surface area contributed by atoms with E-state index < -0.39 is 5.97 Å². The SMILES string of the molecule is Cc1cc(-c2ccn3nc(N)nc3c2)cc(C(=O)O)c1Cl. The average molecular weight is 303 g/mol. The third-order valence-electron chi connectivity index (χ3n) is 3.17. The van der Waals surface area contributed by atoms with Crippen LogP contribution in [0.2, 0.25) is 5.02 Å². The number of pyridine rings is 1. The Labute approximate surface area is 124 Å². The summed E-state index contributed by atoms with van der Waals surface area (Å²) in [5.41, 5.74) is 8.48. The second kappa shape index (κ2) is 4.75. The van der Waals surface area contributed by atoms with Crippen molar-refractivity contribution in [1.29, 1.82) is 0 Å². The summed E-state index contributed by atoms with van der Waals surface area (Å²) in [5.74, 6) is -0.872. The van der Waals surface area contributed by atoms with Crippen LogP contribution in [-0.2, 0) is 0 Å². The quantitative estimate of drug-likeness (QED) is 0.759. The maximum Gasteiger partial charge on any atom is 0.337 e. The molecule has 0 aliphatic rings. The Balaban J connectivity index is 2.19. The minimum Gasteiger partial charge on any atom is -0.478 e. The molecule has 0 aliphatic heterocycles. The monoisotopic (exact) mass is 302 g/mol. The number of nitrogens with zero attached hydrogens (tertiary/aromatic N) is 3. The van der Waals surface area contributed by atoms with Gasteiger partial charge in [0.25, 0.3) is 0 Å². The molecule has 0 saturated heterocycles. The zero-order valence-corrected chi connectivity index (χ0v) is 11.8. The number of carboxylic acids is 1. The summed E-state index contributed by atoms with van der Waals surface area (Å²) in [7, 11) is 0. The minimum absolute atomic E-state index is 0.0764. The average Bonchev–Trinajstić information content (AvgIpc) is 2.80. The number of hydrogen-bond donors (Lipinski definition) is 2. The van der Waals surface area contributed by atoms with Crippen molar-refractivity contribution in [3.05, 3.63) is 46.6 Å². The zero-order chi connectivity index (χ0) is 15.1. The molecule has 0 unspecified atom stereocenters. The molecule has 106 valence electrons. The van der Waals surface area contributed by atoms with E-state index in [1.54, 1.807) is 29.8 Å². The molecule has 0 saturated carbocycles. The number of nitrogens with two attached hydrogens (primary N) is 1. The molecule has 21 heavy (non-hydrogen) atoms. The first-order valence-corrected chi connectivity index (χ1v) is 6.49. The van der Waals surface area contributed by atoms with Gasteiger partial charge in [-0.05, 0) is 47.9 Å². The predicted octanol–water partition coefficient (Wildman–Crippen LogP) is 2.64. The maximum atomic E-state index is 11.2. The predicted molar refractivity (Wildman–Crippen MR) is 79.5 cm³/mol. The van der Waals surface area contributed by atoms with Gasteiger partial charge in [0.15, 0.2) is 5.65 Å². The van der Waals surface area contributed by atoms with Gasteiger partial charge >= 0.3 is 5.97 Å². The molecule has 3 rings (SSSR count). The number of carbonyl (C=O) groups is 1. The van der Waals surface area contributed by atoms with Gasteiger partial charge in [-0.2, -0.15) is 4.98 Å². The van der Waals surface area contributed by atoms with Gasteiger partial charge in [-0.25, -0.2) is 9.31 Å². The highest BCUT2D eigenvalue weighted by Gasteiger charge is 2.14. The van der Waals surface area contributed by atoms with Crippen molar-refractivity contribution in [3.63, 3.8) is 0 Å². The molecule has 0 radical (unpaired) electrons. The van der Waals surface area contributed by atoms with E-state index in [4.69, 9.17) is 17.3 Å². The maximum absolute atomic E-state index is 11.2. The number of hydrogen-bond acceptors (Lipinski definition) is 4. The Kier molecular flexibility index (Phi) is 3.03. The molecule has 0 atom stereocenters. The van der Waals surface area contributed by atoms with Crippen LogP contribution in [0.5, 0.6) is 0 Å². The van der Waals surface area contributed by atoms with Crippen LogP contribution in [0.4, 0.5) is 5.95 Å². The van der Waals surface area contributed by atoms with Gasteiger partial charge in [0.1, 0.15) is 0 Å². The molecular weight excluding hydrogens is 292 g/mol. The fourth-order valence-corrected chi connectivity index (χ4v) is 2.36. The largest absolute Gasteiger partial charge is 0.478 e. The summed E-state index contributed by atoms with van der Waals surface area (Å²) in [4.78, 5) is 15.3. The summed E-state index contributed by atoms with van der Waals surface area (Å²) in [6.45, 7) is 1.77. The lowest BCUT2D eigenvalue weighted by atomic mass is 10.0. The summed E-state index contributed by atoms with van der Waals surface area (Å²) in [6.07, 6.45) is 1.72. The van der Waals surface area contributed by atoms with Crippen LogP contribution >= 0.6 is 11.6 Å². The molecule has 0 amide bonds. The molecule has 2 heterocycles. The summed E-state index contributed by atoms with van der Waals surface area (Å²) < 4.78 is 1.56. The molecule has 0 bridgehead atoms. The molecule has 6 nitrogen and oxygen atoms in total. The van der Waals surface area contributed by atoms with Gasteiger partial charge in [-0.1, -0.05) is 11.6 Å². The third-order valence-corrected chi connectivity index (χ3v) is 3.67. The number of aromatic nitrogens is 3. The highest BCUT2D eigenvalue weighted by Crippen LogP contribution is 2.29. The van der Waals surface area contributed by atoms with E-state index in [2.05, 4.69) is 10.1 Å². The Morgan fingerprint density at radius 3 is 2.81 bits per heavy atom. The number of anilines is 1. The van der Waals surface area contributed by atoms with Crippen molar-refractivity contribution >= 4 is 29.2 Å². The lowest BCUT2D eigenvalue weighted by Gasteiger charge is -2.08. The second-order valence-electron chi connectivity index (χ2n) is 4.65. The van der Waals surface area contributed by atoms with E-state index in [0.717, 1.165) is 11.1 Å². The molecule has 2 aromatic heterocycles. The van der Waals surface area contributed by atoms with Crippen molar-refractivity contribution in [2.75, 3.05) is 5.73 Å². The van der Waals surface area contributed by atoms with E-state index in [-0.39, 0.29) is 16.5 Å². The highest BCUT2D eigenvalue weighted by atomic mass is 35.5. The molecule has 0 fully saturated rings. The van der Waals surface area contributed by atoms with E-state index in [9.17, 15) is 9.90 Å². The standard InChI is InChI=1S/C14H11ClN4O2/c1-7-4-9(5-10(12(7)15)13(20)21)8-2-3-19-11(6-8)17-14(16)18-19/h2-6H,1H3,(H2,16,18)(H,20,21). The number of rotatable bonds is 2. The van der Waals surface area contributed by atoms with Crippen LogP contribution in [0.3, 0.4) is 0 Å². The van der Waals surface area contributed by atoms with Crippen molar-refractivity contribution in [3.8, 4) is 11.1 Å². The lowest BCUT2D eigenvalue weighted by Crippen LogP contribution is -1.99. The van der Waals surface area contributed by atoms with Crippen LogP contribution < -0.4 is 5.73 Å². The number of halogens is 1. The molecule has 3 N–H and O–H groups in total. The Morgan fingerprint density at radius 2 is 2.10 bits per heavy atom. The van der Waals surface area contributed by atoms with Gasteiger partial charge in [0.2, 0.25) is 5.95 Å². The third kappa shape index (κ3) is 2.30. The number of nitrogen functional groups attached to an aromatic ring is 1. The summed E-state index contributed by atoms with van der Waals surface area (Å²) in [6, 6.07) is 6.98. The minimum atomic E-state index is -1.06. The summed E-state index contributed by atoms with van der Waals surface area (Å²) in [5, 5.41) is 13.5. The number of fused-ring (bicyclic) bond motifs is 1. The van der Waals surface area contributed by atoms with Crippen molar-refractivity contribution in [2.45, 2.75) is 6.92 Å². The number of benzene rings is 1. The summed E-state index contributed by atoms with van der Waals surface area (Å²) >= 11 is 6.02. The van der Waals surface area contributed by atoms with Crippen molar-refractivity contribution < 1.29 is 9.90 Å². The van der Waals surface area contributed by atoms with Gasteiger partial charge in [-0.3, -0.25) is 0 Å². The molecule has 0 aliphatic carbocycles. The van der Waals surface area contributed by atoms with E-state index in [1.807, 2.05) is 12.1 Å². The van der Waals surface area contributed by atoms with Crippen LogP contribution in [0.15, 0.2) is 30.5 Å². The van der Waals surface area contributed by atoms with Crippen LogP contribution in [0.25, 0.3) is 16.8 Å². The zero-order valence-electron chi connectivity index (χ0n) is 11.0. The van der Waals surface area contributed by atoms with Crippen molar-refractivity contribution in [2.24, 2.45) is 0 Å². The fraction of sp³-hybridized carbons (Fsp3) is 0.0714. The van der Waals surface area contributed by atoms with Crippen molar-refractivity contribution in [1.82, 2.24) is 14.6 Å². The first kappa shape index (κ1) is 13.4. The number of carboxylic acid groups (broad SMARTS) is 1. The molecule has 7 heteroatoms. The van der Waals surface area contributed by atoms with Gasteiger partial charge in [0.05, 0.1) is 10.6 Å². The second-order valence-corrected chi connectivity index (χ2v) is 5.03. The van der Waals surface area contributed by atoms with E-state index >= 15 is 0 Å². The molecule has 1 aromatic carbocycles. The van der Waals surface area contributed by atoms with Gasteiger partial charge in [-0.15, -0.1) is 5.10 Å².